The fraction of sp³-hybridized carbons (Fsp3) is 0.500. The number of rotatable bonds is 7. The first kappa shape index (κ1) is 30.2. The van der Waals surface area contributed by atoms with Crippen LogP contribution in [0.4, 0.5) is 0 Å². The molecule has 0 unspecified atom stereocenters. The smallest absolute Gasteiger partial charge is 0.329 e. The normalized spacial score (nSPS) is 21.1. The van der Waals surface area contributed by atoms with Gasteiger partial charge >= 0.3 is 5.97 Å². The first-order valence-corrected chi connectivity index (χ1v) is 13.6. The quantitative estimate of drug-likeness (QED) is 0.170. The number of nitrogens with one attached hydrogen (secondary N) is 3. The monoisotopic (exact) mass is 552 g/mol. The van der Waals surface area contributed by atoms with E-state index in [1.54, 1.807) is 32.9 Å². The molecular formula is C24H32N4O7S2. The van der Waals surface area contributed by atoms with E-state index in [9.17, 15) is 24.0 Å². The molecule has 3 amide bonds. The zero-order chi connectivity index (χ0) is 27.4. The summed E-state index contributed by atoms with van der Waals surface area (Å²) in [6.07, 6.45) is 4.19. The topological polar surface area (TPSA) is 164 Å². The van der Waals surface area contributed by atoms with Gasteiger partial charge in [0.1, 0.15) is 28.5 Å². The van der Waals surface area contributed by atoms with Gasteiger partial charge in [0.05, 0.1) is 19.6 Å². The van der Waals surface area contributed by atoms with E-state index in [-0.39, 0.29) is 48.4 Å². The molecule has 0 aromatic carbocycles. The van der Waals surface area contributed by atoms with Gasteiger partial charge in [0.25, 0.3) is 11.8 Å². The summed E-state index contributed by atoms with van der Waals surface area (Å²) in [7, 11) is 0. The molecule has 37 heavy (non-hydrogen) atoms. The van der Waals surface area contributed by atoms with Crippen LogP contribution in [0.1, 0.15) is 55.5 Å². The van der Waals surface area contributed by atoms with Crippen LogP contribution in [0.5, 0.6) is 0 Å². The van der Waals surface area contributed by atoms with Crippen molar-refractivity contribution in [1.82, 2.24) is 20.9 Å². The molecule has 0 saturated heterocycles. The zero-order valence-corrected chi connectivity index (χ0v) is 22.6. The summed E-state index contributed by atoms with van der Waals surface area (Å²) in [5, 5.41) is 18.5. The molecule has 0 spiro atoms. The predicted octanol–water partition coefficient (Wildman–Crippen LogP) is 1.44. The van der Waals surface area contributed by atoms with Gasteiger partial charge in [0, 0.05) is 17.6 Å². The number of aliphatic hydroxyl groups is 1. The molecule has 1 aliphatic rings. The Kier molecular flexibility index (Phi) is 12.5. The molecule has 2 atom stereocenters. The Labute approximate surface area is 223 Å². The van der Waals surface area contributed by atoms with Crippen molar-refractivity contribution in [3.8, 4) is 0 Å². The van der Waals surface area contributed by atoms with E-state index < -0.39 is 35.8 Å². The third-order valence-corrected chi connectivity index (χ3v) is 6.89. The Bertz CT molecular complexity index is 1050. The maximum absolute atomic E-state index is 13.0. The molecule has 0 saturated carbocycles. The number of amides is 3. The fourth-order valence-electron chi connectivity index (χ4n) is 3.11. The van der Waals surface area contributed by atoms with E-state index in [1.807, 2.05) is 0 Å². The minimum absolute atomic E-state index is 0.0388. The summed E-state index contributed by atoms with van der Waals surface area (Å²) in [6.45, 7) is 4.92. The first-order valence-electron chi connectivity index (χ1n) is 11.8. The minimum Gasteiger partial charge on any atom is -0.456 e. The van der Waals surface area contributed by atoms with Crippen LogP contribution < -0.4 is 16.0 Å². The maximum atomic E-state index is 13.0. The van der Waals surface area contributed by atoms with Gasteiger partial charge in [-0.2, -0.15) is 0 Å². The molecule has 2 heterocycles. The van der Waals surface area contributed by atoms with Crippen molar-refractivity contribution in [1.29, 1.82) is 0 Å². The standard InChI is InChI=1S/C24H32N4O7S2/c1-4-16-22(32)28-21(14(2)3)24(34)35-15(7-5-6-10-36-20(31)8-9-29)11-18(30)25-12-19-26-17(13-37-19)23(33)27-16/h4-5,7,13-15,21,29H,6,8-12H2,1-3H3,(H,25,30)(H,27,33)(H,28,32)/t15-,21+/m1/s1. The number of fused-ring (bicyclic) bond motifs is 2. The minimum atomic E-state index is -1.04. The van der Waals surface area contributed by atoms with Crippen LogP contribution in [0, 0.1) is 5.92 Å². The number of carbonyl (C=O) groups is 5. The van der Waals surface area contributed by atoms with Crippen molar-refractivity contribution in [2.75, 3.05) is 12.4 Å². The van der Waals surface area contributed by atoms with Gasteiger partial charge in [0.2, 0.25) is 5.91 Å². The van der Waals surface area contributed by atoms with E-state index in [4.69, 9.17) is 9.84 Å². The number of esters is 1. The number of thioether (sulfide) groups is 1. The fourth-order valence-corrected chi connectivity index (χ4v) is 4.54. The largest absolute Gasteiger partial charge is 0.456 e. The third-order valence-electron chi connectivity index (χ3n) is 5.08. The number of allylic oxidation sites excluding steroid dienone is 2. The molecular weight excluding hydrogens is 520 g/mol. The number of cyclic esters (lactones) is 1. The summed E-state index contributed by atoms with van der Waals surface area (Å²) in [4.78, 5) is 66.7. The molecule has 1 aromatic rings. The molecule has 2 bridgehead atoms. The van der Waals surface area contributed by atoms with Crippen LogP contribution in [0.2, 0.25) is 0 Å². The van der Waals surface area contributed by atoms with Crippen LogP contribution in [0.25, 0.3) is 0 Å². The summed E-state index contributed by atoms with van der Waals surface area (Å²) < 4.78 is 5.60. The van der Waals surface area contributed by atoms with Crippen molar-refractivity contribution in [2.24, 2.45) is 5.92 Å². The van der Waals surface area contributed by atoms with Gasteiger partial charge < -0.3 is 25.8 Å². The Balaban J connectivity index is 2.24. The van der Waals surface area contributed by atoms with Crippen LogP contribution in [0.3, 0.4) is 0 Å². The third kappa shape index (κ3) is 10.1. The molecule has 0 fully saturated rings. The number of hydrogen-bond donors (Lipinski definition) is 4. The molecule has 4 N–H and O–H groups in total. The van der Waals surface area contributed by atoms with Crippen LogP contribution in [-0.2, 0) is 30.5 Å². The Morgan fingerprint density at radius 2 is 2.05 bits per heavy atom. The van der Waals surface area contributed by atoms with Gasteiger partial charge in [-0.15, -0.1) is 11.3 Å². The summed E-state index contributed by atoms with van der Waals surface area (Å²) >= 11 is 2.27. The molecule has 0 radical (unpaired) electrons. The van der Waals surface area contributed by atoms with Gasteiger partial charge in [0.15, 0.2) is 5.12 Å². The molecule has 2 rings (SSSR count). The molecule has 11 nitrogen and oxygen atoms in total. The number of hydrogen-bond acceptors (Lipinski definition) is 10. The first-order chi connectivity index (χ1) is 17.6. The molecule has 13 heteroatoms. The molecule has 202 valence electrons. The summed E-state index contributed by atoms with van der Waals surface area (Å²) in [5.41, 5.74) is 0.0625. The highest BCUT2D eigenvalue weighted by atomic mass is 32.2. The van der Waals surface area contributed by atoms with Crippen LogP contribution >= 0.6 is 23.1 Å². The average molecular weight is 553 g/mol. The molecule has 0 aliphatic carbocycles. The van der Waals surface area contributed by atoms with Crippen molar-refractivity contribution >= 4 is 51.9 Å². The zero-order valence-electron chi connectivity index (χ0n) is 20.9. The Morgan fingerprint density at radius 3 is 2.73 bits per heavy atom. The number of ether oxygens (including phenoxy) is 1. The molecule has 1 aliphatic heterocycles. The lowest BCUT2D eigenvalue weighted by atomic mass is 10.0. The van der Waals surface area contributed by atoms with Gasteiger partial charge in [-0.1, -0.05) is 37.8 Å². The van der Waals surface area contributed by atoms with Crippen LogP contribution in [0.15, 0.2) is 29.3 Å². The highest BCUT2D eigenvalue weighted by Crippen LogP contribution is 2.14. The van der Waals surface area contributed by atoms with Crippen LogP contribution in [-0.4, -0.2) is 63.4 Å². The average Bonchev–Trinajstić information content (AvgIpc) is 3.32. The Hall–Kier alpha value is -3.03. The van der Waals surface area contributed by atoms with E-state index in [0.29, 0.717) is 17.2 Å². The van der Waals surface area contributed by atoms with Gasteiger partial charge in [-0.25, -0.2) is 9.78 Å². The molecule has 1 aromatic heterocycles. The van der Waals surface area contributed by atoms with E-state index >= 15 is 0 Å². The maximum Gasteiger partial charge on any atom is 0.329 e. The second kappa shape index (κ2) is 15.3. The highest BCUT2D eigenvalue weighted by molar-refractivity contribution is 8.13. The van der Waals surface area contributed by atoms with Crippen molar-refractivity contribution in [2.45, 2.75) is 58.7 Å². The lowest BCUT2D eigenvalue weighted by molar-refractivity contribution is -0.153. The predicted molar refractivity (Wildman–Crippen MR) is 139 cm³/mol. The van der Waals surface area contributed by atoms with E-state index in [2.05, 4.69) is 20.9 Å². The number of thiazole rings is 1. The summed E-state index contributed by atoms with van der Waals surface area (Å²) in [6, 6.07) is -1.04. The lowest BCUT2D eigenvalue weighted by Crippen LogP contribution is -2.48. The summed E-state index contributed by atoms with van der Waals surface area (Å²) in [5.74, 6) is -2.26. The second-order valence-electron chi connectivity index (χ2n) is 8.35. The van der Waals surface area contributed by atoms with Crippen molar-refractivity contribution < 1.29 is 33.8 Å². The van der Waals surface area contributed by atoms with Crippen molar-refractivity contribution in [3.63, 3.8) is 0 Å². The number of nitrogens with zero attached hydrogens (tertiary/aromatic N) is 1. The lowest BCUT2D eigenvalue weighted by Gasteiger charge is -2.24. The number of carbonyl (C=O) groups excluding carboxylic acids is 5. The SMILES string of the molecule is CC=C1NC(=O)c2csc(n2)CNC(=O)C[C@@H](C=CCCSC(=O)CCO)OC(=O)[C@H](C(C)C)NC1=O. The second-order valence-corrected chi connectivity index (χ2v) is 10.4. The van der Waals surface area contributed by atoms with Gasteiger partial charge in [-0.3, -0.25) is 19.2 Å². The number of aromatic nitrogens is 1. The van der Waals surface area contributed by atoms with E-state index in [1.165, 1.54) is 22.8 Å². The number of aliphatic hydroxyl groups excluding tert-OH is 1. The highest BCUT2D eigenvalue weighted by Gasteiger charge is 2.30. The van der Waals surface area contributed by atoms with Gasteiger partial charge in [-0.05, 0) is 25.3 Å². The van der Waals surface area contributed by atoms with E-state index in [0.717, 1.165) is 11.8 Å². The van der Waals surface area contributed by atoms with Crippen molar-refractivity contribution in [3.05, 3.63) is 40.0 Å². The Morgan fingerprint density at radius 1 is 1.30 bits per heavy atom.